The molecule has 1 aliphatic carbocycles. The first-order valence-electron chi connectivity index (χ1n) is 15.3. The molecule has 4 aromatic rings. The van der Waals surface area contributed by atoms with Gasteiger partial charge >= 0.3 is 5.97 Å². The quantitative estimate of drug-likeness (QED) is 0.119. The number of ketones is 1. The number of pyridine rings is 1. The van der Waals surface area contributed by atoms with Gasteiger partial charge in [-0.3, -0.25) is 14.4 Å². The fourth-order valence-corrected chi connectivity index (χ4v) is 6.86. The van der Waals surface area contributed by atoms with Crippen molar-refractivity contribution < 1.29 is 23.9 Å². The number of imide groups is 1. The highest BCUT2D eigenvalue weighted by Gasteiger charge is 2.41. The molecule has 1 fully saturated rings. The highest BCUT2D eigenvalue weighted by atomic mass is 32.2. The van der Waals surface area contributed by atoms with E-state index in [1.54, 1.807) is 12.1 Å². The van der Waals surface area contributed by atoms with Gasteiger partial charge in [0.1, 0.15) is 11.1 Å². The molecule has 0 spiro atoms. The molecular weight excluding hydrogens is 598 g/mol. The molecule has 0 N–H and O–H groups in total. The molecule has 2 amide bonds. The van der Waals surface area contributed by atoms with Crippen molar-refractivity contribution in [2.75, 3.05) is 11.5 Å². The number of esters is 1. The number of carbonyl (C=O) groups excluding carboxylic acids is 4. The summed E-state index contributed by atoms with van der Waals surface area (Å²) in [6.45, 7) is -0.422. The molecule has 1 atom stereocenters. The third-order valence-corrected chi connectivity index (χ3v) is 9.44. The summed E-state index contributed by atoms with van der Waals surface area (Å²) >= 11 is 1.16. The SMILES string of the molecule is N#Cc1cc2c(nc1SC1CC(=O)N(c3ccc(C(=O)OCC(=O)c4ccc(-c5ccccc5)cc4)cc3)C1=O)CCCCCC2. The monoisotopic (exact) mass is 629 g/mol. The third-order valence-electron chi connectivity index (χ3n) is 8.25. The largest absolute Gasteiger partial charge is 0.454 e. The Balaban J connectivity index is 1.07. The molecule has 1 aliphatic heterocycles. The van der Waals surface area contributed by atoms with Crippen molar-refractivity contribution in [1.29, 1.82) is 5.26 Å². The van der Waals surface area contributed by atoms with Crippen LogP contribution in [0, 0.1) is 11.3 Å². The van der Waals surface area contributed by atoms with Gasteiger partial charge in [-0.15, -0.1) is 0 Å². The molecule has 6 rings (SSSR count). The summed E-state index contributed by atoms with van der Waals surface area (Å²) in [6, 6.07) is 26.9. The van der Waals surface area contributed by atoms with Crippen molar-refractivity contribution in [2.45, 2.75) is 55.2 Å². The summed E-state index contributed by atoms with van der Waals surface area (Å²) < 4.78 is 5.25. The molecule has 2 heterocycles. The van der Waals surface area contributed by atoms with Crippen LogP contribution in [-0.4, -0.2) is 40.4 Å². The fraction of sp³-hybridized carbons (Fsp3) is 0.243. The number of hydrogen-bond acceptors (Lipinski definition) is 8. The normalized spacial score (nSPS) is 16.2. The van der Waals surface area contributed by atoms with Crippen LogP contribution in [0.5, 0.6) is 0 Å². The molecule has 230 valence electrons. The Bertz CT molecular complexity index is 1830. The van der Waals surface area contributed by atoms with Crippen LogP contribution < -0.4 is 4.90 Å². The average Bonchev–Trinajstić information content (AvgIpc) is 3.36. The number of rotatable bonds is 8. The zero-order valence-corrected chi connectivity index (χ0v) is 25.9. The van der Waals surface area contributed by atoms with E-state index in [-0.39, 0.29) is 23.7 Å². The van der Waals surface area contributed by atoms with E-state index in [1.807, 2.05) is 48.5 Å². The van der Waals surface area contributed by atoms with Gasteiger partial charge in [-0.1, -0.05) is 79.2 Å². The number of nitriles is 1. The Hall–Kier alpha value is -5.07. The summed E-state index contributed by atoms with van der Waals surface area (Å²) in [5, 5.41) is 9.56. The number of aromatic nitrogens is 1. The van der Waals surface area contributed by atoms with Crippen molar-refractivity contribution in [3.63, 3.8) is 0 Å². The zero-order valence-electron chi connectivity index (χ0n) is 25.1. The topological polar surface area (TPSA) is 117 Å². The van der Waals surface area contributed by atoms with Gasteiger partial charge in [0.05, 0.1) is 22.1 Å². The molecule has 2 aliphatic rings. The van der Waals surface area contributed by atoms with Crippen molar-refractivity contribution in [3.8, 4) is 17.2 Å². The summed E-state index contributed by atoms with van der Waals surface area (Å²) in [7, 11) is 0. The smallest absolute Gasteiger partial charge is 0.338 e. The van der Waals surface area contributed by atoms with Crippen LogP contribution in [0.4, 0.5) is 5.69 Å². The molecule has 1 saturated heterocycles. The summed E-state index contributed by atoms with van der Waals surface area (Å²) in [4.78, 5) is 57.6. The Morgan fingerprint density at radius 3 is 2.26 bits per heavy atom. The van der Waals surface area contributed by atoms with E-state index < -0.39 is 23.7 Å². The lowest BCUT2D eigenvalue weighted by molar-refractivity contribution is -0.121. The minimum Gasteiger partial charge on any atom is -0.454 e. The lowest BCUT2D eigenvalue weighted by Gasteiger charge is -2.17. The van der Waals surface area contributed by atoms with Gasteiger partial charge in [0.25, 0.3) is 0 Å². The molecule has 1 aromatic heterocycles. The first-order chi connectivity index (χ1) is 22.4. The van der Waals surface area contributed by atoms with Gasteiger partial charge in [-0.05, 0) is 72.7 Å². The van der Waals surface area contributed by atoms with Gasteiger partial charge in [-0.25, -0.2) is 14.7 Å². The molecule has 0 radical (unpaired) electrons. The predicted octanol–water partition coefficient (Wildman–Crippen LogP) is 6.74. The molecule has 0 bridgehead atoms. The Labute approximate surface area is 271 Å². The Kier molecular flexibility index (Phi) is 9.36. The van der Waals surface area contributed by atoms with Crippen LogP contribution in [0.1, 0.15) is 69.6 Å². The molecule has 1 unspecified atom stereocenters. The number of benzene rings is 3. The van der Waals surface area contributed by atoms with Crippen molar-refractivity contribution in [1.82, 2.24) is 4.98 Å². The van der Waals surface area contributed by atoms with Gasteiger partial charge in [0.15, 0.2) is 12.4 Å². The van der Waals surface area contributed by atoms with Crippen LogP contribution in [0.25, 0.3) is 11.1 Å². The number of Topliss-reactive ketones (excluding diaryl/α,β-unsaturated/α-hetero) is 1. The first-order valence-corrected chi connectivity index (χ1v) is 16.2. The maximum absolute atomic E-state index is 13.4. The minimum absolute atomic E-state index is 0.0225. The number of fused-ring (bicyclic) bond motifs is 1. The van der Waals surface area contributed by atoms with Crippen LogP contribution in [0.2, 0.25) is 0 Å². The number of hydrogen-bond donors (Lipinski definition) is 0. The third kappa shape index (κ3) is 6.77. The van der Waals surface area contributed by atoms with E-state index in [4.69, 9.17) is 9.72 Å². The van der Waals surface area contributed by atoms with Gasteiger partial charge in [0, 0.05) is 17.7 Å². The number of anilines is 1. The summed E-state index contributed by atoms with van der Waals surface area (Å²) in [5.41, 5.74) is 5.44. The van der Waals surface area contributed by atoms with E-state index >= 15 is 0 Å². The molecule has 3 aromatic carbocycles. The first kappa shape index (κ1) is 30.9. The van der Waals surface area contributed by atoms with Crippen LogP contribution in [0.3, 0.4) is 0 Å². The van der Waals surface area contributed by atoms with Crippen molar-refractivity contribution in [2.24, 2.45) is 0 Å². The van der Waals surface area contributed by atoms with Gasteiger partial charge < -0.3 is 4.74 Å². The summed E-state index contributed by atoms with van der Waals surface area (Å²) in [6.07, 6.45) is 6.11. The Morgan fingerprint density at radius 2 is 1.54 bits per heavy atom. The number of thioether (sulfide) groups is 1. The van der Waals surface area contributed by atoms with E-state index in [2.05, 4.69) is 6.07 Å². The van der Waals surface area contributed by atoms with Crippen LogP contribution in [0.15, 0.2) is 90.0 Å². The van der Waals surface area contributed by atoms with E-state index in [1.165, 1.54) is 30.7 Å². The maximum Gasteiger partial charge on any atom is 0.338 e. The second-order valence-electron chi connectivity index (χ2n) is 11.3. The van der Waals surface area contributed by atoms with Crippen molar-refractivity contribution in [3.05, 3.63) is 113 Å². The average molecular weight is 630 g/mol. The number of ether oxygens (including phenoxy) is 1. The minimum atomic E-state index is -0.712. The van der Waals surface area contributed by atoms with Crippen molar-refractivity contribution >= 4 is 41.0 Å². The highest BCUT2D eigenvalue weighted by Crippen LogP contribution is 2.36. The van der Waals surface area contributed by atoms with E-state index in [0.717, 1.165) is 71.2 Å². The number of carbonyl (C=O) groups is 4. The van der Waals surface area contributed by atoms with Crippen LogP contribution >= 0.6 is 11.8 Å². The number of aryl methyl sites for hydroxylation is 2. The number of nitrogens with zero attached hydrogens (tertiary/aromatic N) is 3. The second kappa shape index (κ2) is 13.9. The molecule has 8 nitrogen and oxygen atoms in total. The predicted molar refractivity (Wildman–Crippen MR) is 175 cm³/mol. The standard InChI is InChI=1S/C37H31N3O5S/c38-22-29-20-28-10-4-1-2-7-11-31(28)39-35(29)46-33-21-34(42)40(36(33)43)30-18-16-27(17-19-30)37(44)45-23-32(41)26-14-12-25(13-15-26)24-8-5-3-6-9-24/h3,5-6,8-9,12-20,33H,1-2,4,7,10-11,21,23H2. The molecule has 0 saturated carbocycles. The van der Waals surface area contributed by atoms with Gasteiger partial charge in [0.2, 0.25) is 11.8 Å². The lowest BCUT2D eigenvalue weighted by atomic mass is 9.96. The zero-order chi connectivity index (χ0) is 32.0. The molecule has 46 heavy (non-hydrogen) atoms. The van der Waals surface area contributed by atoms with E-state index in [9.17, 15) is 24.4 Å². The van der Waals surface area contributed by atoms with Crippen LogP contribution in [-0.2, 0) is 27.2 Å². The number of amides is 2. The second-order valence-corrected chi connectivity index (χ2v) is 12.5. The van der Waals surface area contributed by atoms with Gasteiger partial charge in [-0.2, -0.15) is 5.26 Å². The highest BCUT2D eigenvalue weighted by molar-refractivity contribution is 8.00. The molecule has 9 heteroatoms. The lowest BCUT2D eigenvalue weighted by Crippen LogP contribution is -2.31. The summed E-state index contributed by atoms with van der Waals surface area (Å²) in [5.74, 6) is -1.79. The van der Waals surface area contributed by atoms with E-state index in [0.29, 0.717) is 21.8 Å². The maximum atomic E-state index is 13.4. The molecular formula is C37H31N3O5S. The fourth-order valence-electron chi connectivity index (χ4n) is 5.76. The Morgan fingerprint density at radius 1 is 0.870 bits per heavy atom.